The quantitative estimate of drug-likeness (QED) is 0.503. The zero-order valence-electron chi connectivity index (χ0n) is 19.8. The van der Waals surface area contributed by atoms with Gasteiger partial charge >= 0.3 is 0 Å². The Morgan fingerprint density at radius 3 is 2.63 bits per heavy atom. The van der Waals surface area contributed by atoms with Gasteiger partial charge in [0, 0.05) is 17.5 Å². The molecule has 0 saturated carbocycles. The molecule has 0 bridgehead atoms. The van der Waals surface area contributed by atoms with Gasteiger partial charge in [0.2, 0.25) is 0 Å². The molecule has 2 aliphatic heterocycles. The molecule has 0 unspecified atom stereocenters. The van der Waals surface area contributed by atoms with E-state index in [0.717, 1.165) is 27.3 Å². The third-order valence-electron chi connectivity index (χ3n) is 6.21. The minimum Gasteiger partial charge on any atom is -0.486 e. The molecule has 6 nitrogen and oxygen atoms in total. The summed E-state index contributed by atoms with van der Waals surface area (Å²) >= 11 is 1.43. The van der Waals surface area contributed by atoms with Gasteiger partial charge in [-0.3, -0.25) is 9.59 Å². The Labute approximate surface area is 208 Å². The summed E-state index contributed by atoms with van der Waals surface area (Å²) in [6.07, 6.45) is 1.93. The number of fused-ring (bicyclic) bond motifs is 2. The second-order valence-corrected chi connectivity index (χ2v) is 9.70. The van der Waals surface area contributed by atoms with Crippen LogP contribution in [-0.2, 0) is 4.79 Å². The lowest BCUT2D eigenvalue weighted by Crippen LogP contribution is -2.31. The first-order chi connectivity index (χ1) is 16.9. The van der Waals surface area contributed by atoms with Crippen molar-refractivity contribution in [2.45, 2.75) is 24.8 Å². The molecule has 2 amide bonds. The van der Waals surface area contributed by atoms with E-state index in [0.29, 0.717) is 35.2 Å². The number of anilines is 1. The summed E-state index contributed by atoms with van der Waals surface area (Å²) in [4.78, 5) is 29.3. The number of carbonyl (C=O) groups excluding carboxylic acids is 2. The Hall–Kier alpha value is -3.71. The number of amides is 2. The van der Waals surface area contributed by atoms with Crippen molar-refractivity contribution in [3.8, 4) is 11.5 Å². The number of hydrogen-bond acceptors (Lipinski definition) is 5. The van der Waals surface area contributed by atoms with Crippen LogP contribution in [0.5, 0.6) is 11.5 Å². The van der Waals surface area contributed by atoms with Gasteiger partial charge in [-0.25, -0.2) is 0 Å². The lowest BCUT2D eigenvalue weighted by molar-refractivity contribution is -0.114. The first-order valence-corrected chi connectivity index (χ1v) is 12.3. The fourth-order valence-electron chi connectivity index (χ4n) is 4.12. The van der Waals surface area contributed by atoms with Crippen molar-refractivity contribution >= 4 is 35.3 Å². The van der Waals surface area contributed by atoms with Crippen molar-refractivity contribution in [2.24, 2.45) is 0 Å². The molecule has 0 radical (unpaired) electrons. The van der Waals surface area contributed by atoms with Crippen molar-refractivity contribution in [3.05, 3.63) is 87.8 Å². The summed E-state index contributed by atoms with van der Waals surface area (Å²) < 4.78 is 11.2. The number of benzene rings is 3. The van der Waals surface area contributed by atoms with Crippen LogP contribution >= 0.6 is 11.8 Å². The third-order valence-corrected chi connectivity index (χ3v) is 7.28. The van der Waals surface area contributed by atoms with Gasteiger partial charge in [0.25, 0.3) is 11.8 Å². The van der Waals surface area contributed by atoms with Crippen LogP contribution in [0.2, 0.25) is 0 Å². The molecule has 0 saturated heterocycles. The number of nitrogens with one attached hydrogen (secondary N) is 1. The molecule has 178 valence electrons. The number of carbonyl (C=O) groups is 2. The molecule has 7 heteroatoms. The normalized spacial score (nSPS) is 16.6. The average molecular weight is 487 g/mol. The molecule has 1 N–H and O–H groups in total. The van der Waals surface area contributed by atoms with E-state index < -0.39 is 0 Å². The summed E-state index contributed by atoms with van der Waals surface area (Å²) in [5, 5.41) is 3.04. The van der Waals surface area contributed by atoms with E-state index >= 15 is 0 Å². The summed E-state index contributed by atoms with van der Waals surface area (Å²) in [5.41, 5.74) is 4.28. The summed E-state index contributed by atoms with van der Waals surface area (Å²) in [5.74, 6) is 1.11. The number of hydrogen-bond donors (Lipinski definition) is 1. The van der Waals surface area contributed by atoms with Gasteiger partial charge in [0.1, 0.15) is 13.2 Å². The maximum atomic E-state index is 13.1. The molecule has 0 fully saturated rings. The number of likely N-dealkylation sites (N-methyl/N-ethyl adjacent to an activating group) is 1. The van der Waals surface area contributed by atoms with E-state index in [-0.39, 0.29) is 17.9 Å². The second kappa shape index (κ2) is 9.50. The topological polar surface area (TPSA) is 67.9 Å². The second-order valence-electron chi connectivity index (χ2n) is 8.61. The molecule has 3 aromatic carbocycles. The van der Waals surface area contributed by atoms with E-state index in [1.54, 1.807) is 24.1 Å². The van der Waals surface area contributed by atoms with E-state index in [4.69, 9.17) is 9.47 Å². The lowest BCUT2D eigenvalue weighted by Gasteiger charge is -2.27. The monoisotopic (exact) mass is 486 g/mol. The maximum Gasteiger partial charge on any atom is 0.264 e. The van der Waals surface area contributed by atoms with Gasteiger partial charge in [0.15, 0.2) is 11.5 Å². The van der Waals surface area contributed by atoms with E-state index in [9.17, 15) is 9.59 Å². The SMILES string of the molecule is Cc1ccccc1/C=C1\Sc2ccc(C(=O)N[C@@H](C)c3ccc4c(c3)OCCO4)cc2N(C)C1=O. The first kappa shape index (κ1) is 23.1. The van der Waals surface area contributed by atoms with Crippen molar-refractivity contribution < 1.29 is 19.1 Å². The number of nitrogens with zero attached hydrogens (tertiary/aromatic N) is 1. The fraction of sp³-hybridized carbons (Fsp3) is 0.214. The molecule has 35 heavy (non-hydrogen) atoms. The molecule has 5 rings (SSSR count). The maximum absolute atomic E-state index is 13.1. The van der Waals surface area contributed by atoms with Gasteiger partial charge in [-0.05, 0) is 66.9 Å². The van der Waals surface area contributed by atoms with Crippen molar-refractivity contribution in [1.82, 2.24) is 5.32 Å². The van der Waals surface area contributed by atoms with Crippen LogP contribution in [0.4, 0.5) is 5.69 Å². The highest BCUT2D eigenvalue weighted by molar-refractivity contribution is 8.04. The predicted molar refractivity (Wildman–Crippen MR) is 138 cm³/mol. The highest BCUT2D eigenvalue weighted by Gasteiger charge is 2.28. The minimum atomic E-state index is -0.230. The fourth-order valence-corrected chi connectivity index (χ4v) is 5.20. The van der Waals surface area contributed by atoms with Crippen molar-refractivity contribution in [3.63, 3.8) is 0 Å². The molecule has 3 aromatic rings. The van der Waals surface area contributed by atoms with Gasteiger partial charge in [-0.1, -0.05) is 42.1 Å². The van der Waals surface area contributed by atoms with Crippen molar-refractivity contribution in [1.29, 1.82) is 0 Å². The van der Waals surface area contributed by atoms with Crippen LogP contribution < -0.4 is 19.7 Å². The molecular weight excluding hydrogens is 460 g/mol. The summed E-state index contributed by atoms with van der Waals surface area (Å²) in [7, 11) is 1.74. The summed E-state index contributed by atoms with van der Waals surface area (Å²) in [6, 6.07) is 18.9. The van der Waals surface area contributed by atoms with Gasteiger partial charge in [-0.2, -0.15) is 0 Å². The predicted octanol–water partition coefficient (Wildman–Crippen LogP) is 5.37. The van der Waals surface area contributed by atoms with Gasteiger partial charge < -0.3 is 19.7 Å². The van der Waals surface area contributed by atoms with Gasteiger partial charge in [-0.15, -0.1) is 0 Å². The van der Waals surface area contributed by atoms with Crippen LogP contribution in [0.3, 0.4) is 0 Å². The zero-order valence-corrected chi connectivity index (χ0v) is 20.6. The number of aryl methyl sites for hydroxylation is 1. The Bertz CT molecular complexity index is 1350. The largest absolute Gasteiger partial charge is 0.486 e. The highest BCUT2D eigenvalue weighted by Crippen LogP contribution is 2.42. The number of ether oxygens (including phenoxy) is 2. The van der Waals surface area contributed by atoms with Crippen LogP contribution in [0.15, 0.2) is 70.5 Å². The smallest absolute Gasteiger partial charge is 0.264 e. The molecule has 2 aliphatic rings. The third kappa shape index (κ3) is 4.64. The van der Waals surface area contributed by atoms with Crippen LogP contribution in [-0.4, -0.2) is 32.1 Å². The molecule has 0 aromatic heterocycles. The Kier molecular flexibility index (Phi) is 6.26. The van der Waals surface area contributed by atoms with Gasteiger partial charge in [0.05, 0.1) is 16.6 Å². The van der Waals surface area contributed by atoms with E-state index in [1.807, 2.05) is 68.5 Å². The highest BCUT2D eigenvalue weighted by atomic mass is 32.2. The zero-order chi connectivity index (χ0) is 24.5. The van der Waals surface area contributed by atoms with Crippen molar-refractivity contribution in [2.75, 3.05) is 25.2 Å². The molecule has 0 spiro atoms. The summed E-state index contributed by atoms with van der Waals surface area (Å²) in [6.45, 7) is 5.00. The van der Waals surface area contributed by atoms with Crippen LogP contribution in [0.25, 0.3) is 6.08 Å². The molecule has 0 aliphatic carbocycles. The number of rotatable bonds is 4. The van der Waals surface area contributed by atoms with Crippen LogP contribution in [0, 0.1) is 6.92 Å². The molecule has 1 atom stereocenters. The number of thioether (sulfide) groups is 1. The standard InChI is InChI=1S/C28H26N2O4S/c1-17-6-4-5-7-19(17)16-26-28(32)30(3)22-14-21(9-11-25(22)35-26)27(31)29-18(2)20-8-10-23-24(15-20)34-13-12-33-23/h4-11,14-16,18H,12-13H2,1-3H3,(H,29,31)/b26-16-/t18-/m0/s1. The average Bonchev–Trinajstić information content (AvgIpc) is 2.87. The Morgan fingerprint density at radius 1 is 1.06 bits per heavy atom. The lowest BCUT2D eigenvalue weighted by atomic mass is 10.1. The first-order valence-electron chi connectivity index (χ1n) is 11.5. The van der Waals surface area contributed by atoms with E-state index in [1.165, 1.54) is 11.8 Å². The van der Waals surface area contributed by atoms with E-state index in [2.05, 4.69) is 5.32 Å². The minimum absolute atomic E-state index is 0.0899. The Balaban J connectivity index is 1.34. The Morgan fingerprint density at radius 2 is 1.83 bits per heavy atom. The van der Waals surface area contributed by atoms with Crippen LogP contribution in [0.1, 0.15) is 40.0 Å². The molecular formula is C28H26N2O4S. The molecule has 2 heterocycles.